The average Bonchev–Trinajstić information content (AvgIpc) is 3.33. The zero-order valence-corrected chi connectivity index (χ0v) is 20.7. The highest BCUT2D eigenvalue weighted by Crippen LogP contribution is 2.34. The standard InChI is InChI=1S/C27H26N4O4S/c1-34-19-11-7-17(8-12-19)24-25(18-9-13-20(35-2)14-10-18)31-27(30-24)36-16-15-23(32)29-22-6-4-3-5-21(22)26(28)33/h3-14H,15-16H2,1-2H3,(H2,28,33)(H,29,32)(H,30,31). The van der Waals surface area contributed by atoms with Gasteiger partial charge in [0.2, 0.25) is 5.91 Å². The SMILES string of the molecule is COc1ccc(-c2nc(SCCC(=O)Nc3ccccc3C(N)=O)[nH]c2-c2ccc(OC)cc2)cc1. The van der Waals surface area contributed by atoms with E-state index < -0.39 is 5.91 Å². The van der Waals surface area contributed by atoms with E-state index in [2.05, 4.69) is 10.3 Å². The highest BCUT2D eigenvalue weighted by Gasteiger charge is 2.16. The average molecular weight is 503 g/mol. The maximum atomic E-state index is 12.5. The van der Waals surface area contributed by atoms with Crippen LogP contribution in [0.4, 0.5) is 5.69 Å². The molecule has 0 spiro atoms. The van der Waals surface area contributed by atoms with Crippen molar-refractivity contribution in [3.8, 4) is 34.0 Å². The normalized spacial score (nSPS) is 10.6. The van der Waals surface area contributed by atoms with E-state index in [0.29, 0.717) is 16.6 Å². The minimum Gasteiger partial charge on any atom is -0.497 e. The van der Waals surface area contributed by atoms with Gasteiger partial charge in [-0.25, -0.2) is 4.98 Å². The van der Waals surface area contributed by atoms with Gasteiger partial charge in [-0.1, -0.05) is 23.9 Å². The minimum atomic E-state index is -0.590. The van der Waals surface area contributed by atoms with Gasteiger partial charge in [-0.2, -0.15) is 0 Å². The molecule has 1 aromatic heterocycles. The van der Waals surface area contributed by atoms with E-state index in [9.17, 15) is 9.59 Å². The molecule has 0 saturated carbocycles. The largest absolute Gasteiger partial charge is 0.497 e. The summed E-state index contributed by atoms with van der Waals surface area (Å²) in [5, 5.41) is 3.45. The highest BCUT2D eigenvalue weighted by molar-refractivity contribution is 7.99. The van der Waals surface area contributed by atoms with Crippen molar-refractivity contribution in [2.24, 2.45) is 5.73 Å². The second-order valence-electron chi connectivity index (χ2n) is 7.78. The van der Waals surface area contributed by atoms with Crippen LogP contribution < -0.4 is 20.5 Å². The number of carbonyl (C=O) groups is 2. The summed E-state index contributed by atoms with van der Waals surface area (Å²) in [5.41, 5.74) is 9.63. The third kappa shape index (κ3) is 5.87. The first-order valence-electron chi connectivity index (χ1n) is 11.2. The van der Waals surface area contributed by atoms with E-state index in [1.807, 2.05) is 48.5 Å². The Labute approximate surface area is 213 Å². The van der Waals surface area contributed by atoms with Crippen LogP contribution in [0.25, 0.3) is 22.5 Å². The van der Waals surface area contributed by atoms with Crippen molar-refractivity contribution in [3.05, 3.63) is 78.4 Å². The quantitative estimate of drug-likeness (QED) is 0.263. The molecule has 0 radical (unpaired) electrons. The Morgan fingerprint density at radius 1 is 0.917 bits per heavy atom. The lowest BCUT2D eigenvalue weighted by molar-refractivity contribution is -0.115. The summed E-state index contributed by atoms with van der Waals surface area (Å²) in [6.45, 7) is 0. The van der Waals surface area contributed by atoms with E-state index >= 15 is 0 Å². The summed E-state index contributed by atoms with van der Waals surface area (Å²) in [6, 6.07) is 22.1. The van der Waals surface area contributed by atoms with Crippen molar-refractivity contribution in [1.29, 1.82) is 0 Å². The number of nitrogens with two attached hydrogens (primary N) is 1. The zero-order valence-electron chi connectivity index (χ0n) is 19.9. The number of imidazole rings is 1. The molecule has 0 bridgehead atoms. The molecule has 184 valence electrons. The first kappa shape index (κ1) is 24.9. The van der Waals surface area contributed by atoms with Crippen molar-refractivity contribution >= 4 is 29.3 Å². The lowest BCUT2D eigenvalue weighted by Crippen LogP contribution is -2.18. The molecule has 0 aliphatic rings. The molecule has 8 nitrogen and oxygen atoms in total. The van der Waals surface area contributed by atoms with Crippen LogP contribution in [0, 0.1) is 0 Å². The number of amides is 2. The van der Waals surface area contributed by atoms with Crippen LogP contribution in [-0.2, 0) is 4.79 Å². The van der Waals surface area contributed by atoms with Gasteiger partial charge >= 0.3 is 0 Å². The number of H-pyrrole nitrogens is 1. The highest BCUT2D eigenvalue weighted by atomic mass is 32.2. The Hall–Kier alpha value is -4.24. The number of nitrogens with one attached hydrogen (secondary N) is 2. The van der Waals surface area contributed by atoms with Gasteiger partial charge in [0.1, 0.15) is 11.5 Å². The van der Waals surface area contributed by atoms with Crippen LogP contribution in [0.1, 0.15) is 16.8 Å². The lowest BCUT2D eigenvalue weighted by atomic mass is 10.0. The van der Waals surface area contributed by atoms with Gasteiger partial charge in [-0.3, -0.25) is 9.59 Å². The zero-order chi connectivity index (χ0) is 25.5. The molecule has 0 unspecified atom stereocenters. The molecule has 3 aromatic carbocycles. The molecule has 36 heavy (non-hydrogen) atoms. The van der Waals surface area contributed by atoms with E-state index in [1.165, 1.54) is 11.8 Å². The molecule has 1 heterocycles. The molecule has 0 atom stereocenters. The summed E-state index contributed by atoms with van der Waals surface area (Å²) >= 11 is 1.44. The van der Waals surface area contributed by atoms with Gasteiger partial charge in [0.05, 0.1) is 36.9 Å². The molecule has 2 amide bonds. The van der Waals surface area contributed by atoms with Crippen LogP contribution in [0.2, 0.25) is 0 Å². The summed E-state index contributed by atoms with van der Waals surface area (Å²) in [5.74, 6) is 1.21. The number of ether oxygens (including phenoxy) is 2. The number of hydrogen-bond acceptors (Lipinski definition) is 6. The van der Waals surface area contributed by atoms with Crippen LogP contribution >= 0.6 is 11.8 Å². The summed E-state index contributed by atoms with van der Waals surface area (Å²) in [7, 11) is 3.26. The van der Waals surface area contributed by atoms with Crippen LogP contribution in [-0.4, -0.2) is 41.8 Å². The first-order chi connectivity index (χ1) is 17.5. The number of rotatable bonds is 10. The van der Waals surface area contributed by atoms with Gasteiger partial charge in [0.25, 0.3) is 5.91 Å². The predicted octanol–water partition coefficient (Wildman–Crippen LogP) is 4.98. The number of benzene rings is 3. The van der Waals surface area contributed by atoms with Gasteiger partial charge in [-0.15, -0.1) is 0 Å². The number of anilines is 1. The van der Waals surface area contributed by atoms with Crippen molar-refractivity contribution in [2.45, 2.75) is 11.6 Å². The number of methoxy groups -OCH3 is 2. The number of para-hydroxylation sites is 1. The van der Waals surface area contributed by atoms with Gasteiger partial charge in [0.15, 0.2) is 5.16 Å². The van der Waals surface area contributed by atoms with E-state index in [4.69, 9.17) is 20.2 Å². The maximum absolute atomic E-state index is 12.5. The molecule has 4 aromatic rings. The molecule has 0 aliphatic carbocycles. The van der Waals surface area contributed by atoms with E-state index in [0.717, 1.165) is 34.0 Å². The third-order valence-corrected chi connectivity index (χ3v) is 6.33. The van der Waals surface area contributed by atoms with Crippen LogP contribution in [0.3, 0.4) is 0 Å². The number of thioether (sulfide) groups is 1. The van der Waals surface area contributed by atoms with Crippen molar-refractivity contribution in [2.75, 3.05) is 25.3 Å². The fourth-order valence-electron chi connectivity index (χ4n) is 3.60. The Morgan fingerprint density at radius 3 is 2.14 bits per heavy atom. The summed E-state index contributed by atoms with van der Waals surface area (Å²) in [6.07, 6.45) is 0.230. The second-order valence-corrected chi connectivity index (χ2v) is 8.86. The van der Waals surface area contributed by atoms with Crippen LogP contribution in [0.5, 0.6) is 11.5 Å². The number of hydrogen-bond donors (Lipinski definition) is 3. The van der Waals surface area contributed by atoms with Crippen LogP contribution in [0.15, 0.2) is 78.0 Å². The Balaban J connectivity index is 1.50. The first-order valence-corrected chi connectivity index (χ1v) is 12.2. The third-order valence-electron chi connectivity index (χ3n) is 5.46. The van der Waals surface area contributed by atoms with Crippen molar-refractivity contribution in [1.82, 2.24) is 9.97 Å². The minimum absolute atomic E-state index is 0.214. The number of aromatic nitrogens is 2. The van der Waals surface area contributed by atoms with E-state index in [-0.39, 0.29) is 17.9 Å². The molecule has 0 aliphatic heterocycles. The van der Waals surface area contributed by atoms with Gasteiger partial charge < -0.3 is 25.5 Å². The molecule has 0 saturated heterocycles. The summed E-state index contributed by atoms with van der Waals surface area (Å²) < 4.78 is 10.6. The number of aromatic amines is 1. The topological polar surface area (TPSA) is 119 Å². The number of primary amides is 1. The molecule has 4 rings (SSSR count). The predicted molar refractivity (Wildman–Crippen MR) is 141 cm³/mol. The maximum Gasteiger partial charge on any atom is 0.250 e. The fourth-order valence-corrected chi connectivity index (χ4v) is 4.42. The Kier molecular flexibility index (Phi) is 7.92. The molecule has 9 heteroatoms. The smallest absolute Gasteiger partial charge is 0.250 e. The summed E-state index contributed by atoms with van der Waals surface area (Å²) in [4.78, 5) is 32.3. The lowest BCUT2D eigenvalue weighted by Gasteiger charge is -2.08. The molecular weight excluding hydrogens is 476 g/mol. The number of carbonyl (C=O) groups excluding carboxylic acids is 2. The Morgan fingerprint density at radius 2 is 1.53 bits per heavy atom. The molecule has 0 fully saturated rings. The second kappa shape index (κ2) is 11.5. The monoisotopic (exact) mass is 502 g/mol. The number of nitrogens with zero attached hydrogens (tertiary/aromatic N) is 1. The Bertz CT molecular complexity index is 1290. The molecule has 4 N–H and O–H groups in total. The van der Waals surface area contributed by atoms with Gasteiger partial charge in [0, 0.05) is 23.3 Å². The van der Waals surface area contributed by atoms with Crippen molar-refractivity contribution in [3.63, 3.8) is 0 Å². The van der Waals surface area contributed by atoms with E-state index in [1.54, 1.807) is 38.5 Å². The fraction of sp³-hybridized carbons (Fsp3) is 0.148. The molecular formula is C27H26N4O4S. The van der Waals surface area contributed by atoms with Crippen molar-refractivity contribution < 1.29 is 19.1 Å². The van der Waals surface area contributed by atoms with Gasteiger partial charge in [-0.05, 0) is 60.7 Å².